The molecule has 0 bridgehead atoms. The smallest absolute Gasteiger partial charge is 0.312 e. The van der Waals surface area contributed by atoms with Gasteiger partial charge in [0.25, 0.3) is 0 Å². The molecule has 1 aliphatic rings. The number of nitrogens with two attached hydrogens (primary N) is 1. The van der Waals surface area contributed by atoms with Crippen LogP contribution in [0.3, 0.4) is 0 Å². The lowest BCUT2D eigenvalue weighted by Crippen LogP contribution is -2.46. The van der Waals surface area contributed by atoms with Gasteiger partial charge in [0.05, 0.1) is 0 Å². The van der Waals surface area contributed by atoms with E-state index >= 15 is 0 Å². The van der Waals surface area contributed by atoms with Gasteiger partial charge in [-0.2, -0.15) is 0 Å². The zero-order valence-electron chi connectivity index (χ0n) is 7.81. The van der Waals surface area contributed by atoms with Crippen LogP contribution in [0.5, 0.6) is 0 Å². The van der Waals surface area contributed by atoms with Gasteiger partial charge in [0.15, 0.2) is 11.1 Å². The Hall–Kier alpha value is -0.660. The Morgan fingerprint density at radius 2 is 2.14 bits per heavy atom. The summed E-state index contributed by atoms with van der Waals surface area (Å²) in [5, 5.41) is 2.63. The van der Waals surface area contributed by atoms with Crippen LogP contribution in [0, 0.1) is 0 Å². The first kappa shape index (κ1) is 11.4. The molecule has 1 saturated heterocycles. The van der Waals surface area contributed by atoms with Crippen molar-refractivity contribution in [1.82, 2.24) is 10.2 Å². The van der Waals surface area contributed by atoms with Crippen molar-refractivity contribution in [2.45, 2.75) is 18.9 Å². The first-order chi connectivity index (χ1) is 6.58. The standard InChI is InChI=1S/C7H15N3O3S/c8-7(11)9-6-1-3-10(4-2-6)5-14(12)13/h6H,1-5H2,(H,12,13)(H3,8,9,11). The Bertz CT molecular complexity index is 204. The van der Waals surface area contributed by atoms with E-state index in [0.717, 1.165) is 25.9 Å². The van der Waals surface area contributed by atoms with Gasteiger partial charge in [0.1, 0.15) is 5.88 Å². The zero-order chi connectivity index (χ0) is 10.6. The van der Waals surface area contributed by atoms with Crippen molar-refractivity contribution in [3.63, 3.8) is 0 Å². The monoisotopic (exact) mass is 221 g/mol. The Morgan fingerprint density at radius 1 is 1.57 bits per heavy atom. The molecule has 1 unspecified atom stereocenters. The summed E-state index contributed by atoms with van der Waals surface area (Å²) in [4.78, 5) is 12.4. The quantitative estimate of drug-likeness (QED) is 0.549. The molecule has 82 valence electrons. The highest BCUT2D eigenvalue weighted by atomic mass is 32.2. The second-order valence-electron chi connectivity index (χ2n) is 3.35. The molecule has 14 heavy (non-hydrogen) atoms. The zero-order valence-corrected chi connectivity index (χ0v) is 8.63. The van der Waals surface area contributed by atoms with Crippen LogP contribution in [0.15, 0.2) is 0 Å². The average Bonchev–Trinajstić information content (AvgIpc) is 2.06. The van der Waals surface area contributed by atoms with Crippen molar-refractivity contribution < 1.29 is 13.6 Å². The highest BCUT2D eigenvalue weighted by molar-refractivity contribution is 7.79. The van der Waals surface area contributed by atoms with E-state index in [9.17, 15) is 9.00 Å². The molecule has 0 spiro atoms. The van der Waals surface area contributed by atoms with Crippen LogP contribution in [0.25, 0.3) is 0 Å². The summed E-state index contributed by atoms with van der Waals surface area (Å²) in [5.41, 5.74) is 4.99. The maximum absolute atomic E-state index is 10.5. The fourth-order valence-corrected chi connectivity index (χ4v) is 2.13. The SMILES string of the molecule is NC(=O)NC1CCN(CS(=O)O)CC1. The second-order valence-corrected chi connectivity index (χ2v) is 4.25. The molecular formula is C7H15N3O3S. The molecule has 0 aliphatic carbocycles. The fraction of sp³-hybridized carbons (Fsp3) is 0.857. The first-order valence-corrected chi connectivity index (χ1v) is 5.71. The van der Waals surface area contributed by atoms with Crippen molar-refractivity contribution in [1.29, 1.82) is 0 Å². The Balaban J connectivity index is 2.24. The van der Waals surface area contributed by atoms with Crippen molar-refractivity contribution in [3.05, 3.63) is 0 Å². The first-order valence-electron chi connectivity index (χ1n) is 4.43. The van der Waals surface area contributed by atoms with Gasteiger partial charge in [-0.25, -0.2) is 9.00 Å². The molecule has 1 rings (SSSR count). The molecule has 0 saturated carbocycles. The molecule has 6 nitrogen and oxygen atoms in total. The van der Waals surface area contributed by atoms with Gasteiger partial charge in [-0.15, -0.1) is 0 Å². The number of hydrogen-bond donors (Lipinski definition) is 3. The normalized spacial score (nSPS) is 21.8. The minimum Gasteiger partial charge on any atom is -0.352 e. The average molecular weight is 221 g/mol. The summed E-state index contributed by atoms with van der Waals surface area (Å²) < 4.78 is 19.2. The van der Waals surface area contributed by atoms with Crippen LogP contribution in [0.1, 0.15) is 12.8 Å². The van der Waals surface area contributed by atoms with Crippen LogP contribution in [-0.2, 0) is 11.1 Å². The van der Waals surface area contributed by atoms with E-state index in [1.54, 1.807) is 0 Å². The summed E-state index contributed by atoms with van der Waals surface area (Å²) >= 11 is -1.77. The third-order valence-corrected chi connectivity index (χ3v) is 2.81. The Labute approximate surface area is 85.1 Å². The number of rotatable bonds is 3. The lowest BCUT2D eigenvalue weighted by molar-refractivity contribution is 0.212. The molecule has 1 heterocycles. The third-order valence-electron chi connectivity index (χ3n) is 2.23. The third kappa shape index (κ3) is 4.03. The molecule has 0 aromatic carbocycles. The van der Waals surface area contributed by atoms with Gasteiger partial charge >= 0.3 is 6.03 Å². The van der Waals surface area contributed by atoms with E-state index in [1.165, 1.54) is 0 Å². The number of likely N-dealkylation sites (tertiary alicyclic amines) is 1. The van der Waals surface area contributed by atoms with E-state index < -0.39 is 17.1 Å². The highest BCUT2D eigenvalue weighted by Gasteiger charge is 2.20. The molecule has 0 aromatic heterocycles. The summed E-state index contributed by atoms with van der Waals surface area (Å²) in [6, 6.07) is -0.398. The number of hydrogen-bond acceptors (Lipinski definition) is 3. The number of nitrogens with one attached hydrogen (secondary N) is 1. The molecule has 4 N–H and O–H groups in total. The summed E-state index contributed by atoms with van der Waals surface area (Å²) in [7, 11) is 0. The molecule has 1 atom stereocenters. The van der Waals surface area contributed by atoms with E-state index in [4.69, 9.17) is 10.3 Å². The van der Waals surface area contributed by atoms with Crippen LogP contribution in [0.4, 0.5) is 4.79 Å². The number of piperidine rings is 1. The maximum atomic E-state index is 10.5. The maximum Gasteiger partial charge on any atom is 0.312 e. The Kier molecular flexibility index (Phi) is 4.30. The van der Waals surface area contributed by atoms with Crippen molar-refractivity contribution in [2.24, 2.45) is 5.73 Å². The van der Waals surface area contributed by atoms with E-state index in [0.29, 0.717) is 0 Å². The van der Waals surface area contributed by atoms with Gasteiger partial charge < -0.3 is 15.6 Å². The lowest BCUT2D eigenvalue weighted by Gasteiger charge is -2.30. The number of carbonyl (C=O) groups excluding carboxylic acids is 1. The molecule has 7 heteroatoms. The van der Waals surface area contributed by atoms with Gasteiger partial charge in [0.2, 0.25) is 0 Å². The fourth-order valence-electron chi connectivity index (χ4n) is 1.56. The van der Waals surface area contributed by atoms with Gasteiger partial charge in [-0.05, 0) is 12.8 Å². The van der Waals surface area contributed by atoms with E-state index in [-0.39, 0.29) is 11.9 Å². The largest absolute Gasteiger partial charge is 0.352 e. The van der Waals surface area contributed by atoms with Gasteiger partial charge in [-0.3, -0.25) is 4.90 Å². The van der Waals surface area contributed by atoms with E-state index in [2.05, 4.69) is 5.32 Å². The second kappa shape index (κ2) is 5.28. The minimum atomic E-state index is -1.77. The van der Waals surface area contributed by atoms with Crippen LogP contribution >= 0.6 is 0 Å². The number of primary amides is 1. The lowest BCUT2D eigenvalue weighted by atomic mass is 10.1. The van der Waals surface area contributed by atoms with Gasteiger partial charge in [0, 0.05) is 19.1 Å². The Morgan fingerprint density at radius 3 is 2.57 bits per heavy atom. The number of urea groups is 1. The van der Waals surface area contributed by atoms with E-state index in [1.807, 2.05) is 4.90 Å². The van der Waals surface area contributed by atoms with Gasteiger partial charge in [-0.1, -0.05) is 0 Å². The molecule has 0 radical (unpaired) electrons. The molecular weight excluding hydrogens is 206 g/mol. The number of nitrogens with zero attached hydrogens (tertiary/aromatic N) is 1. The van der Waals surface area contributed by atoms with Crippen LogP contribution < -0.4 is 11.1 Å². The van der Waals surface area contributed by atoms with Crippen molar-refractivity contribution >= 4 is 17.1 Å². The molecule has 0 aromatic rings. The topological polar surface area (TPSA) is 95.7 Å². The van der Waals surface area contributed by atoms with Crippen molar-refractivity contribution in [3.8, 4) is 0 Å². The van der Waals surface area contributed by atoms with Crippen molar-refractivity contribution in [2.75, 3.05) is 19.0 Å². The molecule has 1 aliphatic heterocycles. The van der Waals surface area contributed by atoms with Crippen LogP contribution in [-0.4, -0.2) is 44.7 Å². The number of carbonyl (C=O) groups is 1. The summed E-state index contributed by atoms with van der Waals surface area (Å²) in [6.45, 7) is 1.44. The van der Waals surface area contributed by atoms with Crippen LogP contribution in [0.2, 0.25) is 0 Å². The summed E-state index contributed by atoms with van der Waals surface area (Å²) in [5.74, 6) is 0.184. The highest BCUT2D eigenvalue weighted by Crippen LogP contribution is 2.09. The predicted octanol–water partition coefficient (Wildman–Crippen LogP) is -0.702. The predicted molar refractivity (Wildman–Crippen MR) is 53.0 cm³/mol. The number of amides is 2. The molecule has 2 amide bonds. The minimum absolute atomic E-state index is 0.107. The summed E-state index contributed by atoms with van der Waals surface area (Å²) in [6.07, 6.45) is 1.56. The molecule has 1 fully saturated rings.